The molecule has 0 aromatic rings. The minimum absolute atomic E-state index is 0.425. The van der Waals surface area contributed by atoms with Crippen molar-refractivity contribution in [2.45, 2.75) is 56.2 Å². The zero-order valence-electron chi connectivity index (χ0n) is 9.70. The number of alkyl halides is 7. The maximum atomic E-state index is 13.1. The summed E-state index contributed by atoms with van der Waals surface area (Å²) in [6, 6.07) is 0. The van der Waals surface area contributed by atoms with Gasteiger partial charge in [0, 0.05) is 0 Å². The van der Waals surface area contributed by atoms with Crippen LogP contribution in [0.25, 0.3) is 0 Å². The molecule has 6 unspecified atom stereocenters. The lowest BCUT2D eigenvalue weighted by molar-refractivity contribution is -0.132. The number of aliphatic hydroxyl groups excluding tert-OH is 1. The highest BCUT2D eigenvalue weighted by atomic mass is 19.2. The van der Waals surface area contributed by atoms with E-state index < -0.39 is 62.8 Å². The van der Waals surface area contributed by atoms with Gasteiger partial charge in [-0.05, 0) is 12.8 Å². The summed E-state index contributed by atoms with van der Waals surface area (Å²) in [5.74, 6) is 0. The summed E-state index contributed by atoms with van der Waals surface area (Å²) in [5, 5.41) is 16.5. The van der Waals surface area contributed by atoms with Crippen LogP contribution in [0, 0.1) is 0 Å². The van der Waals surface area contributed by atoms with E-state index >= 15 is 0 Å². The summed E-state index contributed by atoms with van der Waals surface area (Å²) >= 11 is 0. The van der Waals surface area contributed by atoms with Crippen molar-refractivity contribution in [3.63, 3.8) is 0 Å². The summed E-state index contributed by atoms with van der Waals surface area (Å²) < 4.78 is 89.4. The Kier molecular flexibility index (Phi) is 8.31. The summed E-state index contributed by atoms with van der Waals surface area (Å²) in [7, 11) is 0. The molecule has 116 valence electrons. The molecule has 9 heteroatoms. The first kappa shape index (κ1) is 18.4. The van der Waals surface area contributed by atoms with Crippen molar-refractivity contribution < 1.29 is 40.9 Å². The van der Waals surface area contributed by atoms with E-state index in [1.807, 2.05) is 0 Å². The molecule has 0 amide bonds. The lowest BCUT2D eigenvalue weighted by Crippen LogP contribution is -2.45. The minimum Gasteiger partial charge on any atom is -0.366 e. The number of hydrogen-bond donors (Lipinski definition) is 2. The fourth-order valence-electron chi connectivity index (χ4n) is 1.32. The molecule has 0 radical (unpaired) electrons. The first-order chi connectivity index (χ1) is 8.73. The van der Waals surface area contributed by atoms with Crippen molar-refractivity contribution >= 4 is 0 Å². The van der Waals surface area contributed by atoms with Gasteiger partial charge in [-0.3, -0.25) is 4.39 Å². The van der Waals surface area contributed by atoms with E-state index in [4.69, 9.17) is 10.2 Å². The maximum Gasteiger partial charge on any atom is 0.186 e. The van der Waals surface area contributed by atoms with Gasteiger partial charge in [0.25, 0.3) is 0 Å². The van der Waals surface area contributed by atoms with Crippen LogP contribution < -0.4 is 0 Å². The summed E-state index contributed by atoms with van der Waals surface area (Å²) in [6.07, 6.45) is -23.0. The van der Waals surface area contributed by atoms with E-state index in [0.29, 0.717) is 0 Å². The van der Waals surface area contributed by atoms with Crippen molar-refractivity contribution in [3.05, 3.63) is 0 Å². The van der Waals surface area contributed by atoms with Gasteiger partial charge in [0.1, 0.15) is 6.17 Å². The van der Waals surface area contributed by atoms with Crippen molar-refractivity contribution in [2.24, 2.45) is 0 Å². The molecule has 0 fully saturated rings. The Balaban J connectivity index is 4.49. The van der Waals surface area contributed by atoms with Gasteiger partial charge in [0.05, 0.1) is 6.67 Å². The monoisotopic (exact) mass is 300 g/mol. The average molecular weight is 300 g/mol. The molecule has 0 aromatic carbocycles. The van der Waals surface area contributed by atoms with Gasteiger partial charge in [-0.15, -0.1) is 0 Å². The standard InChI is InChI=1S/C10H15F7O2/c11-3-1-2-4(12)5(13)6(14)7(15)8(16)9(17)10(18)19/h4-10,18-19H,1-3H2. The predicted molar refractivity (Wildman–Crippen MR) is 52.8 cm³/mol. The lowest BCUT2D eigenvalue weighted by atomic mass is 9.99. The highest BCUT2D eigenvalue weighted by Crippen LogP contribution is 2.26. The normalized spacial score (nSPS) is 21.8. The van der Waals surface area contributed by atoms with Gasteiger partial charge in [-0.2, -0.15) is 0 Å². The highest BCUT2D eigenvalue weighted by molar-refractivity contribution is 4.89. The summed E-state index contributed by atoms with van der Waals surface area (Å²) in [5.41, 5.74) is 0. The van der Waals surface area contributed by atoms with Crippen molar-refractivity contribution in [1.29, 1.82) is 0 Å². The predicted octanol–water partition coefficient (Wildman–Crippen LogP) is 2.08. The van der Waals surface area contributed by atoms with Crippen LogP contribution in [-0.4, -0.2) is 60.2 Å². The third-order valence-corrected chi connectivity index (χ3v) is 2.46. The summed E-state index contributed by atoms with van der Waals surface area (Å²) in [4.78, 5) is 0. The number of rotatable bonds is 9. The van der Waals surface area contributed by atoms with E-state index in [2.05, 4.69) is 0 Å². The van der Waals surface area contributed by atoms with Crippen LogP contribution in [0.1, 0.15) is 12.8 Å². The molecule has 0 aliphatic rings. The van der Waals surface area contributed by atoms with E-state index in [-0.39, 0.29) is 0 Å². The fraction of sp³-hybridized carbons (Fsp3) is 1.00. The number of hydrogen-bond acceptors (Lipinski definition) is 2. The van der Waals surface area contributed by atoms with Crippen LogP contribution in [0.4, 0.5) is 30.7 Å². The third-order valence-electron chi connectivity index (χ3n) is 2.46. The SMILES string of the molecule is OC(O)C(F)C(F)C(F)C(F)C(F)C(F)CCCF. The smallest absolute Gasteiger partial charge is 0.186 e. The maximum absolute atomic E-state index is 13.1. The van der Waals surface area contributed by atoms with Crippen LogP contribution in [0.5, 0.6) is 0 Å². The molecular weight excluding hydrogens is 285 g/mol. The van der Waals surface area contributed by atoms with Crippen LogP contribution in [0.3, 0.4) is 0 Å². The average Bonchev–Trinajstić information content (AvgIpc) is 2.40. The zero-order chi connectivity index (χ0) is 15.2. The van der Waals surface area contributed by atoms with E-state index in [1.54, 1.807) is 0 Å². The van der Waals surface area contributed by atoms with Gasteiger partial charge in [-0.1, -0.05) is 0 Å². The molecule has 6 atom stereocenters. The van der Waals surface area contributed by atoms with Crippen molar-refractivity contribution in [2.75, 3.05) is 6.67 Å². The van der Waals surface area contributed by atoms with Crippen LogP contribution in [-0.2, 0) is 0 Å². The number of halogens is 7. The molecule has 0 saturated carbocycles. The Morgan fingerprint density at radius 3 is 1.53 bits per heavy atom. The molecule has 0 spiro atoms. The quantitative estimate of drug-likeness (QED) is 0.505. The van der Waals surface area contributed by atoms with E-state index in [9.17, 15) is 30.7 Å². The molecule has 2 N–H and O–H groups in total. The molecule has 0 aliphatic carbocycles. The molecule has 0 aliphatic heterocycles. The third kappa shape index (κ3) is 5.52. The second-order valence-corrected chi connectivity index (χ2v) is 3.98. The first-order valence-corrected chi connectivity index (χ1v) is 5.50. The van der Waals surface area contributed by atoms with Gasteiger partial charge in [0.15, 0.2) is 37.1 Å². The Bertz CT molecular complexity index is 244. The Morgan fingerprint density at radius 1 is 0.684 bits per heavy atom. The van der Waals surface area contributed by atoms with Gasteiger partial charge in [0.2, 0.25) is 0 Å². The Labute approximate surface area is 105 Å². The second-order valence-electron chi connectivity index (χ2n) is 3.98. The van der Waals surface area contributed by atoms with Gasteiger partial charge in [-0.25, -0.2) is 26.3 Å². The molecule has 2 nitrogen and oxygen atoms in total. The van der Waals surface area contributed by atoms with Gasteiger partial charge < -0.3 is 10.2 Å². The second kappa shape index (κ2) is 8.57. The largest absolute Gasteiger partial charge is 0.366 e. The Morgan fingerprint density at radius 2 is 1.11 bits per heavy atom. The molecule has 0 aromatic heterocycles. The van der Waals surface area contributed by atoms with Crippen molar-refractivity contribution in [1.82, 2.24) is 0 Å². The number of aliphatic hydroxyl groups is 2. The molecule has 0 rings (SSSR count). The van der Waals surface area contributed by atoms with E-state index in [0.717, 1.165) is 0 Å². The molecular formula is C10H15F7O2. The van der Waals surface area contributed by atoms with E-state index in [1.165, 1.54) is 0 Å². The fourth-order valence-corrected chi connectivity index (χ4v) is 1.32. The first-order valence-electron chi connectivity index (χ1n) is 5.50. The van der Waals surface area contributed by atoms with Crippen LogP contribution >= 0.6 is 0 Å². The van der Waals surface area contributed by atoms with Crippen molar-refractivity contribution in [3.8, 4) is 0 Å². The topological polar surface area (TPSA) is 40.5 Å². The Hall–Kier alpha value is -0.570. The highest BCUT2D eigenvalue weighted by Gasteiger charge is 2.44. The van der Waals surface area contributed by atoms with Gasteiger partial charge >= 0.3 is 0 Å². The molecule has 0 bridgehead atoms. The minimum atomic E-state index is -3.41. The lowest BCUT2D eigenvalue weighted by Gasteiger charge is -2.24. The molecule has 0 saturated heterocycles. The zero-order valence-corrected chi connectivity index (χ0v) is 9.70. The van der Waals surface area contributed by atoms with Crippen LogP contribution in [0.15, 0.2) is 0 Å². The van der Waals surface area contributed by atoms with Crippen LogP contribution in [0.2, 0.25) is 0 Å². The molecule has 0 heterocycles. The molecule has 19 heavy (non-hydrogen) atoms. The summed E-state index contributed by atoms with van der Waals surface area (Å²) in [6.45, 7) is -0.988.